The van der Waals surface area contributed by atoms with Gasteiger partial charge in [0.25, 0.3) is 11.8 Å². The van der Waals surface area contributed by atoms with E-state index in [0.29, 0.717) is 36.7 Å². The summed E-state index contributed by atoms with van der Waals surface area (Å²) in [4.78, 5) is 28.8. The van der Waals surface area contributed by atoms with Gasteiger partial charge in [-0.1, -0.05) is 0 Å². The van der Waals surface area contributed by atoms with E-state index in [1.54, 1.807) is 30.5 Å². The highest BCUT2D eigenvalue weighted by Gasteiger charge is 2.17. The number of fused-ring (bicyclic) bond motifs is 1. The van der Waals surface area contributed by atoms with Crippen molar-refractivity contribution in [2.24, 2.45) is 5.92 Å². The summed E-state index contributed by atoms with van der Waals surface area (Å²) in [6.07, 6.45) is 6.50. The van der Waals surface area contributed by atoms with Crippen LogP contribution in [0.3, 0.4) is 0 Å². The molecule has 0 unspecified atom stereocenters. The number of carbonyl (C=O) groups is 2. The number of rotatable bonds is 6. The third-order valence-electron chi connectivity index (χ3n) is 4.90. The predicted molar refractivity (Wildman–Crippen MR) is 104 cm³/mol. The van der Waals surface area contributed by atoms with E-state index < -0.39 is 0 Å². The molecule has 1 aromatic carbocycles. The van der Waals surface area contributed by atoms with E-state index in [9.17, 15) is 9.59 Å². The second kappa shape index (κ2) is 8.22. The number of amides is 2. The minimum atomic E-state index is -0.182. The second-order valence-electron chi connectivity index (χ2n) is 6.93. The normalized spacial score (nSPS) is 16.2. The van der Waals surface area contributed by atoms with Crippen molar-refractivity contribution in [1.29, 1.82) is 0 Å². The molecule has 2 amide bonds. The molecule has 3 heterocycles. The second-order valence-corrected chi connectivity index (χ2v) is 6.93. The number of hydrogen-bond acceptors (Lipinski definition) is 4. The lowest BCUT2D eigenvalue weighted by Gasteiger charge is -2.10. The van der Waals surface area contributed by atoms with Crippen molar-refractivity contribution in [2.75, 3.05) is 19.8 Å². The Balaban J connectivity index is 1.30. The van der Waals surface area contributed by atoms with Crippen molar-refractivity contribution in [2.45, 2.75) is 13.0 Å². The van der Waals surface area contributed by atoms with Crippen molar-refractivity contribution in [3.05, 3.63) is 71.7 Å². The van der Waals surface area contributed by atoms with Crippen molar-refractivity contribution < 1.29 is 14.3 Å². The Morgan fingerprint density at radius 1 is 1.07 bits per heavy atom. The van der Waals surface area contributed by atoms with E-state index >= 15 is 0 Å². The fourth-order valence-corrected chi connectivity index (χ4v) is 3.20. The summed E-state index contributed by atoms with van der Waals surface area (Å²) < 4.78 is 7.22. The molecular formula is C21H22N4O3. The molecular weight excluding hydrogens is 356 g/mol. The number of nitrogens with zero attached hydrogens (tertiary/aromatic N) is 2. The van der Waals surface area contributed by atoms with Crippen LogP contribution in [0.4, 0.5) is 0 Å². The van der Waals surface area contributed by atoms with Gasteiger partial charge in [-0.05, 0) is 48.4 Å². The van der Waals surface area contributed by atoms with Gasteiger partial charge in [-0.15, -0.1) is 0 Å². The fraction of sp³-hybridized carbons (Fsp3) is 0.286. The summed E-state index contributed by atoms with van der Waals surface area (Å²) in [7, 11) is 0. The molecule has 2 N–H and O–H groups in total. The predicted octanol–water partition coefficient (Wildman–Crippen LogP) is 2.03. The molecule has 1 fully saturated rings. The number of aromatic nitrogens is 2. The summed E-state index contributed by atoms with van der Waals surface area (Å²) >= 11 is 0. The zero-order valence-corrected chi connectivity index (χ0v) is 15.4. The highest BCUT2D eigenvalue weighted by molar-refractivity contribution is 5.97. The van der Waals surface area contributed by atoms with E-state index in [1.165, 1.54) is 0 Å². The molecule has 2 aromatic heterocycles. The van der Waals surface area contributed by atoms with Gasteiger partial charge in [-0.25, -0.2) is 4.98 Å². The summed E-state index contributed by atoms with van der Waals surface area (Å²) in [5, 5.41) is 5.81. The number of benzene rings is 1. The molecule has 3 aromatic rings. The molecule has 0 bridgehead atoms. The Hall–Kier alpha value is -3.19. The van der Waals surface area contributed by atoms with Crippen LogP contribution in [-0.4, -0.2) is 41.0 Å². The topological polar surface area (TPSA) is 84.7 Å². The first-order valence-electron chi connectivity index (χ1n) is 9.35. The van der Waals surface area contributed by atoms with E-state index in [0.717, 1.165) is 24.2 Å². The van der Waals surface area contributed by atoms with E-state index in [1.807, 2.05) is 28.9 Å². The maximum atomic E-state index is 12.4. The lowest BCUT2D eigenvalue weighted by molar-refractivity contribution is 0.0935. The Bertz CT molecular complexity index is 975. The standard InChI is InChI=1S/C21H22N4O3/c26-20(23-12-15-5-8-25-9-7-22-19(25)11-15)17-1-3-18(4-2-17)21(27)24-13-16-6-10-28-14-16/h1-5,7-9,11,16H,6,10,12-14H2,(H,23,26)(H,24,27)/t16-/m0/s1. The van der Waals surface area contributed by atoms with Gasteiger partial charge in [0, 0.05) is 55.3 Å². The van der Waals surface area contributed by atoms with Gasteiger partial charge in [0.05, 0.1) is 6.61 Å². The average Bonchev–Trinajstić information content (AvgIpc) is 3.41. The Morgan fingerprint density at radius 3 is 2.54 bits per heavy atom. The highest BCUT2D eigenvalue weighted by Crippen LogP contribution is 2.11. The molecule has 0 aliphatic carbocycles. The molecule has 144 valence electrons. The van der Waals surface area contributed by atoms with Gasteiger partial charge in [-0.3, -0.25) is 9.59 Å². The van der Waals surface area contributed by atoms with Gasteiger partial charge >= 0.3 is 0 Å². The van der Waals surface area contributed by atoms with Crippen molar-refractivity contribution in [3.63, 3.8) is 0 Å². The van der Waals surface area contributed by atoms with Gasteiger partial charge in [0.2, 0.25) is 0 Å². The zero-order valence-electron chi connectivity index (χ0n) is 15.4. The van der Waals surface area contributed by atoms with E-state index in [4.69, 9.17) is 4.74 Å². The summed E-state index contributed by atoms with van der Waals surface area (Å²) in [6, 6.07) is 10.6. The molecule has 7 heteroatoms. The molecule has 4 rings (SSSR count). The largest absolute Gasteiger partial charge is 0.381 e. The minimum Gasteiger partial charge on any atom is -0.381 e. The molecule has 0 saturated carbocycles. The molecule has 0 radical (unpaired) electrons. The highest BCUT2D eigenvalue weighted by atomic mass is 16.5. The Labute approximate surface area is 162 Å². The third-order valence-corrected chi connectivity index (χ3v) is 4.90. The first-order chi connectivity index (χ1) is 13.7. The van der Waals surface area contributed by atoms with Gasteiger partial charge < -0.3 is 19.8 Å². The monoisotopic (exact) mass is 378 g/mol. The molecule has 1 atom stereocenters. The third kappa shape index (κ3) is 4.20. The number of nitrogens with one attached hydrogen (secondary N) is 2. The fourth-order valence-electron chi connectivity index (χ4n) is 3.20. The lowest BCUT2D eigenvalue weighted by Crippen LogP contribution is -2.29. The van der Waals surface area contributed by atoms with Crippen molar-refractivity contribution in [3.8, 4) is 0 Å². The molecule has 7 nitrogen and oxygen atoms in total. The van der Waals surface area contributed by atoms with Crippen LogP contribution in [0.25, 0.3) is 5.65 Å². The van der Waals surface area contributed by atoms with Crippen LogP contribution in [0.5, 0.6) is 0 Å². The lowest BCUT2D eigenvalue weighted by atomic mass is 10.1. The maximum Gasteiger partial charge on any atom is 0.251 e. The molecule has 1 aliphatic rings. The van der Waals surface area contributed by atoms with E-state index in [-0.39, 0.29) is 11.8 Å². The van der Waals surface area contributed by atoms with Crippen LogP contribution in [0.2, 0.25) is 0 Å². The summed E-state index contributed by atoms with van der Waals surface area (Å²) in [5.74, 6) is 0.0698. The van der Waals surface area contributed by atoms with Gasteiger partial charge in [-0.2, -0.15) is 0 Å². The average molecular weight is 378 g/mol. The first-order valence-corrected chi connectivity index (χ1v) is 9.35. The smallest absolute Gasteiger partial charge is 0.251 e. The number of hydrogen-bond donors (Lipinski definition) is 2. The molecule has 28 heavy (non-hydrogen) atoms. The Kier molecular flexibility index (Phi) is 5.34. The number of ether oxygens (including phenoxy) is 1. The number of imidazole rings is 1. The SMILES string of the molecule is O=C(NCc1ccn2ccnc2c1)c1ccc(C(=O)NC[C@@H]2CCOC2)cc1. The Morgan fingerprint density at radius 2 is 1.82 bits per heavy atom. The number of carbonyl (C=O) groups excluding carboxylic acids is 2. The molecule has 1 saturated heterocycles. The van der Waals surface area contributed by atoms with Gasteiger partial charge in [0.15, 0.2) is 0 Å². The van der Waals surface area contributed by atoms with Crippen LogP contribution in [0, 0.1) is 5.92 Å². The number of pyridine rings is 1. The minimum absolute atomic E-state index is 0.133. The first kappa shape index (κ1) is 18.2. The molecule has 0 spiro atoms. The van der Waals surface area contributed by atoms with Crippen molar-refractivity contribution >= 4 is 17.5 Å². The van der Waals surface area contributed by atoms with Gasteiger partial charge in [0.1, 0.15) is 5.65 Å². The van der Waals surface area contributed by atoms with Crippen molar-refractivity contribution in [1.82, 2.24) is 20.0 Å². The molecule has 1 aliphatic heterocycles. The van der Waals surface area contributed by atoms with E-state index in [2.05, 4.69) is 15.6 Å². The summed E-state index contributed by atoms with van der Waals surface area (Å²) in [6.45, 7) is 2.49. The maximum absolute atomic E-state index is 12.4. The van der Waals surface area contributed by atoms with Crippen LogP contribution in [-0.2, 0) is 11.3 Å². The summed E-state index contributed by atoms with van der Waals surface area (Å²) in [5.41, 5.74) is 2.87. The van der Waals surface area contributed by atoms with Crippen LogP contribution >= 0.6 is 0 Å². The van der Waals surface area contributed by atoms with Crippen LogP contribution < -0.4 is 10.6 Å². The zero-order chi connectivity index (χ0) is 19.3. The van der Waals surface area contributed by atoms with Crippen LogP contribution in [0.1, 0.15) is 32.7 Å². The van der Waals surface area contributed by atoms with Crippen LogP contribution in [0.15, 0.2) is 55.0 Å². The quantitative estimate of drug-likeness (QED) is 0.687.